The molecule has 0 aromatic heterocycles. The Labute approximate surface area is 91.9 Å². The average molecular weight is 232 g/mol. The number of quaternary nitrogens is 1. The molecular weight excluding hydrogens is 221 g/mol. The summed E-state index contributed by atoms with van der Waals surface area (Å²) < 4.78 is 13.2. The molecule has 0 aliphatic rings. The van der Waals surface area contributed by atoms with Crippen molar-refractivity contribution >= 4 is 17.6 Å². The molecule has 0 heterocycles. The van der Waals surface area contributed by atoms with E-state index in [0.29, 0.717) is 23.7 Å². The first-order valence-electron chi connectivity index (χ1n) is 4.55. The number of benzene rings is 1. The molecule has 3 nitrogen and oxygen atoms in total. The van der Waals surface area contributed by atoms with Gasteiger partial charge in [0.15, 0.2) is 0 Å². The first-order chi connectivity index (χ1) is 7.11. The Morgan fingerprint density at radius 2 is 2.27 bits per heavy atom. The second-order valence-corrected chi connectivity index (χ2v) is 3.51. The molecule has 82 valence electrons. The van der Waals surface area contributed by atoms with Crippen LogP contribution in [0.1, 0.15) is 12.0 Å². The number of halogens is 2. The summed E-state index contributed by atoms with van der Waals surface area (Å²) in [7, 11) is 0. The van der Waals surface area contributed by atoms with Crippen LogP contribution in [-0.4, -0.2) is 12.5 Å². The number of carbonyl (C=O) groups is 1. The Kier molecular flexibility index (Phi) is 4.52. The van der Waals surface area contributed by atoms with Crippen LogP contribution in [0.25, 0.3) is 0 Å². The largest absolute Gasteiger partial charge is 0.550 e. The molecule has 0 atom stereocenters. The van der Waals surface area contributed by atoms with Crippen molar-refractivity contribution in [1.82, 2.24) is 0 Å². The van der Waals surface area contributed by atoms with Crippen LogP contribution in [0.4, 0.5) is 4.39 Å². The average Bonchev–Trinajstić information content (AvgIpc) is 2.15. The van der Waals surface area contributed by atoms with Gasteiger partial charge in [0.1, 0.15) is 12.4 Å². The number of rotatable bonds is 5. The van der Waals surface area contributed by atoms with Crippen molar-refractivity contribution in [2.45, 2.75) is 13.0 Å². The normalized spacial score (nSPS) is 10.3. The van der Waals surface area contributed by atoms with E-state index < -0.39 is 5.97 Å². The summed E-state index contributed by atoms with van der Waals surface area (Å²) in [5, 5.41) is 12.2. The molecule has 1 aromatic carbocycles. The maximum atomic E-state index is 13.2. The number of hydrogen-bond acceptors (Lipinski definition) is 2. The maximum absolute atomic E-state index is 13.2. The fourth-order valence-corrected chi connectivity index (χ4v) is 1.43. The summed E-state index contributed by atoms with van der Waals surface area (Å²) in [6, 6.07) is 4.46. The van der Waals surface area contributed by atoms with E-state index in [-0.39, 0.29) is 12.2 Å². The zero-order valence-corrected chi connectivity index (χ0v) is 8.76. The summed E-state index contributed by atoms with van der Waals surface area (Å²) in [5.41, 5.74) is 0.400. The Balaban J connectivity index is 2.47. The second kappa shape index (κ2) is 5.68. The molecule has 15 heavy (non-hydrogen) atoms. The molecular formula is C10H11ClFNO2. The third kappa shape index (κ3) is 3.85. The highest BCUT2D eigenvalue weighted by Crippen LogP contribution is 2.17. The third-order valence-electron chi connectivity index (χ3n) is 1.96. The van der Waals surface area contributed by atoms with Crippen LogP contribution in [0.15, 0.2) is 18.2 Å². The van der Waals surface area contributed by atoms with Gasteiger partial charge in [-0.2, -0.15) is 0 Å². The molecule has 2 N–H and O–H groups in total. The number of hydrogen-bond donors (Lipinski definition) is 1. The van der Waals surface area contributed by atoms with Crippen molar-refractivity contribution in [2.75, 3.05) is 6.54 Å². The lowest BCUT2D eigenvalue weighted by Gasteiger charge is -2.05. The monoisotopic (exact) mass is 231 g/mol. The van der Waals surface area contributed by atoms with E-state index in [4.69, 9.17) is 11.6 Å². The molecule has 1 rings (SSSR count). The van der Waals surface area contributed by atoms with Gasteiger partial charge in [-0.3, -0.25) is 0 Å². The van der Waals surface area contributed by atoms with E-state index in [2.05, 4.69) is 0 Å². The lowest BCUT2D eigenvalue weighted by Crippen LogP contribution is -2.83. The van der Waals surface area contributed by atoms with Crippen LogP contribution in [0.2, 0.25) is 5.02 Å². The summed E-state index contributed by atoms with van der Waals surface area (Å²) >= 11 is 5.78. The lowest BCUT2D eigenvalue weighted by molar-refractivity contribution is -0.670. The molecule has 0 spiro atoms. The van der Waals surface area contributed by atoms with E-state index in [1.54, 1.807) is 11.4 Å². The van der Waals surface area contributed by atoms with Gasteiger partial charge in [0.25, 0.3) is 0 Å². The highest BCUT2D eigenvalue weighted by atomic mass is 35.5. The summed E-state index contributed by atoms with van der Waals surface area (Å²) in [4.78, 5) is 10.1. The number of carboxylic acids is 1. The maximum Gasteiger partial charge on any atom is 0.133 e. The summed E-state index contributed by atoms with van der Waals surface area (Å²) in [5.74, 6) is -1.47. The molecule has 5 heteroatoms. The van der Waals surface area contributed by atoms with Crippen LogP contribution in [0.5, 0.6) is 0 Å². The van der Waals surface area contributed by atoms with Crippen molar-refractivity contribution in [3.8, 4) is 0 Å². The Bertz CT molecular complexity index is 337. The van der Waals surface area contributed by atoms with Crippen LogP contribution >= 0.6 is 11.6 Å². The van der Waals surface area contributed by atoms with Gasteiger partial charge in [0.2, 0.25) is 0 Å². The molecule has 0 amide bonds. The molecule has 0 aliphatic heterocycles. The van der Waals surface area contributed by atoms with Gasteiger partial charge >= 0.3 is 0 Å². The van der Waals surface area contributed by atoms with Crippen LogP contribution in [0.3, 0.4) is 0 Å². The highest BCUT2D eigenvalue weighted by Gasteiger charge is 2.07. The molecule has 0 saturated heterocycles. The van der Waals surface area contributed by atoms with Crippen molar-refractivity contribution in [2.24, 2.45) is 0 Å². The van der Waals surface area contributed by atoms with Crippen molar-refractivity contribution in [3.05, 3.63) is 34.6 Å². The van der Waals surface area contributed by atoms with Crippen molar-refractivity contribution in [1.29, 1.82) is 0 Å². The zero-order valence-electron chi connectivity index (χ0n) is 8.00. The molecule has 0 radical (unpaired) electrons. The minimum absolute atomic E-state index is 0.0495. The first-order valence-corrected chi connectivity index (χ1v) is 4.93. The van der Waals surface area contributed by atoms with Gasteiger partial charge in [-0.15, -0.1) is 0 Å². The SMILES string of the molecule is O=C([O-])CC[NH2+]Cc1c(F)cccc1Cl. The van der Waals surface area contributed by atoms with Crippen LogP contribution in [0, 0.1) is 5.82 Å². The quantitative estimate of drug-likeness (QED) is 0.707. The number of nitrogens with two attached hydrogens (primary N) is 1. The van der Waals surface area contributed by atoms with E-state index in [1.165, 1.54) is 12.1 Å². The van der Waals surface area contributed by atoms with Gasteiger partial charge in [-0.1, -0.05) is 17.7 Å². The smallest absolute Gasteiger partial charge is 0.133 e. The Hall–Kier alpha value is -1.13. The predicted octanol–water partition coefficient (Wildman–Crippen LogP) is -0.317. The second-order valence-electron chi connectivity index (χ2n) is 3.10. The van der Waals surface area contributed by atoms with E-state index >= 15 is 0 Å². The number of aliphatic carboxylic acids is 1. The minimum atomic E-state index is -1.11. The van der Waals surface area contributed by atoms with Gasteiger partial charge in [-0.25, -0.2) is 4.39 Å². The third-order valence-corrected chi connectivity index (χ3v) is 2.32. The molecule has 0 saturated carbocycles. The van der Waals surface area contributed by atoms with E-state index in [1.807, 2.05) is 0 Å². The molecule has 1 aromatic rings. The van der Waals surface area contributed by atoms with Gasteiger partial charge in [0.05, 0.1) is 17.1 Å². The van der Waals surface area contributed by atoms with Gasteiger partial charge in [-0.05, 0) is 12.1 Å². The minimum Gasteiger partial charge on any atom is -0.550 e. The Morgan fingerprint density at radius 1 is 1.53 bits per heavy atom. The summed E-state index contributed by atoms with van der Waals surface area (Å²) in [6.45, 7) is 0.686. The predicted molar refractivity (Wildman–Crippen MR) is 51.5 cm³/mol. The van der Waals surface area contributed by atoms with E-state index in [0.717, 1.165) is 0 Å². The van der Waals surface area contributed by atoms with E-state index in [9.17, 15) is 14.3 Å². The molecule has 0 fully saturated rings. The topological polar surface area (TPSA) is 56.7 Å². The standard InChI is InChI=1S/C10H11ClFNO2/c11-8-2-1-3-9(12)7(8)6-13-5-4-10(14)15/h1-3,13H,4-6H2,(H,14,15). The Morgan fingerprint density at radius 3 is 2.87 bits per heavy atom. The lowest BCUT2D eigenvalue weighted by atomic mass is 10.2. The number of carbonyl (C=O) groups excluding carboxylic acids is 1. The molecule has 0 bridgehead atoms. The van der Waals surface area contributed by atoms with Crippen molar-refractivity contribution < 1.29 is 19.6 Å². The number of carboxylic acid groups (broad SMARTS) is 1. The fourth-order valence-electron chi connectivity index (χ4n) is 1.19. The molecule has 0 unspecified atom stereocenters. The fraction of sp³-hybridized carbons (Fsp3) is 0.300. The van der Waals surface area contributed by atoms with Gasteiger partial charge < -0.3 is 15.2 Å². The molecule has 0 aliphatic carbocycles. The first kappa shape index (κ1) is 11.9. The van der Waals surface area contributed by atoms with Crippen molar-refractivity contribution in [3.63, 3.8) is 0 Å². The van der Waals surface area contributed by atoms with Crippen LogP contribution in [-0.2, 0) is 11.3 Å². The van der Waals surface area contributed by atoms with Gasteiger partial charge in [0, 0.05) is 12.4 Å². The summed E-state index contributed by atoms with van der Waals surface area (Å²) in [6.07, 6.45) is -0.0495. The van der Waals surface area contributed by atoms with Crippen LogP contribution < -0.4 is 10.4 Å². The zero-order chi connectivity index (χ0) is 11.3. The highest BCUT2D eigenvalue weighted by molar-refractivity contribution is 6.31.